The van der Waals surface area contributed by atoms with E-state index in [1.54, 1.807) is 93.1 Å². The summed E-state index contributed by atoms with van der Waals surface area (Å²) in [4.78, 5) is 53.0. The lowest BCUT2D eigenvalue weighted by molar-refractivity contribution is -0.146. The molecule has 0 aromatic carbocycles. The first-order chi connectivity index (χ1) is 18.8. The van der Waals surface area contributed by atoms with Crippen LogP contribution in [0.15, 0.2) is 10.2 Å². The second-order valence-electron chi connectivity index (χ2n) is 11.4. The number of ether oxygens (including phenoxy) is 4. The molecule has 0 rings (SSSR count). The van der Waals surface area contributed by atoms with Crippen molar-refractivity contribution in [2.24, 2.45) is 10.2 Å². The predicted octanol–water partition coefficient (Wildman–Crippen LogP) is 2.90. The molecule has 0 radical (unpaired) electrons. The monoisotopic (exact) mass is 586 g/mol. The van der Waals surface area contributed by atoms with Gasteiger partial charge in [-0.1, -0.05) is 0 Å². The predicted molar refractivity (Wildman–Crippen MR) is 156 cm³/mol. The number of amides is 2. The topological polar surface area (TPSA) is 160 Å². The molecule has 2 N–H and O–H groups in total. The molecule has 236 valence electrons. The summed E-state index contributed by atoms with van der Waals surface area (Å²) in [7, 11) is 3.46. The summed E-state index contributed by atoms with van der Waals surface area (Å²) < 4.78 is 20.8. The Hall–Kier alpha value is -3.26. The maximum atomic E-state index is 12.7. The van der Waals surface area contributed by atoms with Crippen LogP contribution >= 0.6 is 0 Å². The van der Waals surface area contributed by atoms with Crippen molar-refractivity contribution < 1.29 is 38.1 Å². The number of esters is 2. The first-order valence-corrected chi connectivity index (χ1v) is 13.6. The van der Waals surface area contributed by atoms with Crippen molar-refractivity contribution in [1.82, 2.24) is 20.7 Å². The zero-order valence-electron chi connectivity index (χ0n) is 26.7. The Morgan fingerprint density at radius 2 is 1.00 bits per heavy atom. The third-order valence-electron chi connectivity index (χ3n) is 5.16. The quantitative estimate of drug-likeness (QED) is 0.134. The lowest BCUT2D eigenvalue weighted by atomic mass is 10.1. The third-order valence-corrected chi connectivity index (χ3v) is 5.16. The van der Waals surface area contributed by atoms with E-state index in [-0.39, 0.29) is 13.2 Å². The summed E-state index contributed by atoms with van der Waals surface area (Å²) in [5, 5.41) is 8.09. The number of nitrogens with one attached hydrogen (secondary N) is 2. The molecule has 0 saturated carbocycles. The highest BCUT2D eigenvalue weighted by Gasteiger charge is 2.30. The van der Waals surface area contributed by atoms with Crippen molar-refractivity contribution in [3.63, 3.8) is 0 Å². The second kappa shape index (κ2) is 17.5. The van der Waals surface area contributed by atoms with Crippen LogP contribution in [0.25, 0.3) is 0 Å². The van der Waals surface area contributed by atoms with Gasteiger partial charge < -0.3 is 18.9 Å². The van der Waals surface area contributed by atoms with Gasteiger partial charge in [-0.25, -0.2) is 30.0 Å². The van der Waals surface area contributed by atoms with Crippen LogP contribution in [0.3, 0.4) is 0 Å². The number of hydrogen-bond acceptors (Lipinski definition) is 12. The maximum absolute atomic E-state index is 12.7. The fourth-order valence-electron chi connectivity index (χ4n) is 3.60. The Balaban J connectivity index is 5.51. The molecule has 0 fully saturated rings. The average molecular weight is 587 g/mol. The van der Waals surface area contributed by atoms with Crippen LogP contribution in [0.1, 0.15) is 75.7 Å². The Kier molecular flexibility index (Phi) is 16.1. The van der Waals surface area contributed by atoms with E-state index < -0.39 is 47.4 Å². The SMILES string of the molecule is CCOC(=O)C(/C(C)=N/NC(=O)OC(C)(C)C)N(C)CCCN(C)C(C(=O)OCC)/C(C)=N/NC(=O)OC(C)(C)C. The van der Waals surface area contributed by atoms with Crippen molar-refractivity contribution in [2.75, 3.05) is 40.4 Å². The van der Waals surface area contributed by atoms with Gasteiger partial charge in [-0.05, 0) is 89.8 Å². The van der Waals surface area contributed by atoms with Crippen molar-refractivity contribution in [2.45, 2.75) is 98.9 Å². The first kappa shape index (κ1) is 37.7. The standard InChI is InChI=1S/C27H50N6O8/c1-13-38-22(34)20(18(3)28-30-24(36)40-26(5,6)7)32(11)16-15-17-33(12)21(23(35)39-14-2)19(4)29-31-25(37)41-27(8,9)10/h20-21H,13-17H2,1-12H3,(H,30,36)(H,31,37)/b28-18+,29-19+. The number of rotatable bonds is 14. The Labute approximate surface area is 244 Å². The smallest absolute Gasteiger partial charge is 0.428 e. The minimum Gasteiger partial charge on any atom is -0.465 e. The summed E-state index contributed by atoms with van der Waals surface area (Å²) in [5.41, 5.74) is 3.84. The molecular formula is C27H50N6O8. The number of hydrogen-bond donors (Lipinski definition) is 2. The van der Waals surface area contributed by atoms with E-state index >= 15 is 0 Å². The summed E-state index contributed by atoms with van der Waals surface area (Å²) in [6, 6.07) is -1.73. The van der Waals surface area contributed by atoms with Crippen LogP contribution in [0.4, 0.5) is 9.59 Å². The molecule has 0 saturated heterocycles. The molecule has 2 unspecified atom stereocenters. The highest BCUT2D eigenvalue weighted by Crippen LogP contribution is 2.10. The van der Waals surface area contributed by atoms with Crippen LogP contribution < -0.4 is 10.9 Å². The Morgan fingerprint density at radius 1 is 0.683 bits per heavy atom. The molecule has 0 heterocycles. The van der Waals surface area contributed by atoms with E-state index in [0.29, 0.717) is 30.9 Å². The van der Waals surface area contributed by atoms with Gasteiger partial charge in [-0.2, -0.15) is 10.2 Å². The van der Waals surface area contributed by atoms with Crippen LogP contribution in [-0.2, 0) is 28.5 Å². The van der Waals surface area contributed by atoms with E-state index in [0.717, 1.165) is 0 Å². The number of carbonyl (C=O) groups is 4. The molecule has 0 aliphatic carbocycles. The molecule has 2 atom stereocenters. The molecule has 0 bridgehead atoms. The minimum absolute atomic E-state index is 0.176. The van der Waals surface area contributed by atoms with Crippen molar-refractivity contribution in [3.05, 3.63) is 0 Å². The molecule has 14 nitrogen and oxygen atoms in total. The Morgan fingerprint density at radius 3 is 1.27 bits per heavy atom. The molecule has 0 aromatic rings. The minimum atomic E-state index is -0.864. The molecule has 0 aromatic heterocycles. The van der Waals surface area contributed by atoms with Crippen molar-refractivity contribution in [3.8, 4) is 0 Å². The zero-order chi connectivity index (χ0) is 32.0. The van der Waals surface area contributed by atoms with Gasteiger partial charge in [0.25, 0.3) is 0 Å². The summed E-state index contributed by atoms with van der Waals surface area (Å²) >= 11 is 0. The largest absolute Gasteiger partial charge is 0.465 e. The van der Waals surface area contributed by atoms with E-state index in [2.05, 4.69) is 21.1 Å². The van der Waals surface area contributed by atoms with Crippen molar-refractivity contribution in [1.29, 1.82) is 0 Å². The highest BCUT2D eigenvalue weighted by atomic mass is 16.6. The van der Waals surface area contributed by atoms with E-state index in [9.17, 15) is 19.2 Å². The summed E-state index contributed by atoms with van der Waals surface area (Å²) in [6.45, 7) is 18.2. The van der Waals surface area contributed by atoms with Crippen LogP contribution in [0.2, 0.25) is 0 Å². The number of nitrogens with zero attached hydrogens (tertiary/aromatic N) is 4. The van der Waals surface area contributed by atoms with Crippen LogP contribution in [-0.4, -0.2) is 109 Å². The lowest BCUT2D eigenvalue weighted by Crippen LogP contribution is -2.48. The van der Waals surface area contributed by atoms with Gasteiger partial charge in [0, 0.05) is 13.1 Å². The zero-order valence-corrected chi connectivity index (χ0v) is 26.7. The fourth-order valence-corrected chi connectivity index (χ4v) is 3.60. The van der Waals surface area contributed by atoms with Gasteiger partial charge >= 0.3 is 24.1 Å². The second-order valence-corrected chi connectivity index (χ2v) is 11.4. The van der Waals surface area contributed by atoms with Gasteiger partial charge in [-0.15, -0.1) is 0 Å². The van der Waals surface area contributed by atoms with E-state index in [4.69, 9.17) is 18.9 Å². The number of hydrazone groups is 2. The van der Waals surface area contributed by atoms with Gasteiger partial charge in [0.15, 0.2) is 0 Å². The molecule has 0 aliphatic heterocycles. The lowest BCUT2D eigenvalue weighted by Gasteiger charge is -2.29. The first-order valence-electron chi connectivity index (χ1n) is 13.6. The normalized spacial score (nSPS) is 14.3. The molecule has 14 heteroatoms. The summed E-state index contributed by atoms with van der Waals surface area (Å²) in [5.74, 6) is -1.03. The van der Waals surface area contributed by atoms with E-state index in [1.807, 2.05) is 0 Å². The van der Waals surface area contributed by atoms with Crippen LogP contribution in [0, 0.1) is 0 Å². The maximum Gasteiger partial charge on any atom is 0.428 e. The molecule has 41 heavy (non-hydrogen) atoms. The summed E-state index contributed by atoms with van der Waals surface area (Å²) in [6.07, 6.45) is -0.961. The van der Waals surface area contributed by atoms with Gasteiger partial charge in [0.05, 0.1) is 24.6 Å². The average Bonchev–Trinajstić information content (AvgIpc) is 2.80. The van der Waals surface area contributed by atoms with Gasteiger partial charge in [-0.3, -0.25) is 9.80 Å². The molecule has 0 aliphatic rings. The van der Waals surface area contributed by atoms with Crippen LogP contribution in [0.5, 0.6) is 0 Å². The van der Waals surface area contributed by atoms with Gasteiger partial charge in [0.2, 0.25) is 0 Å². The Bertz CT molecular complexity index is 865. The molecule has 0 spiro atoms. The fraction of sp³-hybridized carbons (Fsp3) is 0.778. The number of carbonyl (C=O) groups excluding carboxylic acids is 4. The number of likely N-dealkylation sites (N-methyl/N-ethyl adjacent to an activating group) is 2. The molecular weight excluding hydrogens is 536 g/mol. The van der Waals surface area contributed by atoms with Crippen molar-refractivity contribution >= 4 is 35.5 Å². The molecule has 2 amide bonds. The van der Waals surface area contributed by atoms with Gasteiger partial charge in [0.1, 0.15) is 23.3 Å². The third kappa shape index (κ3) is 15.9. The van der Waals surface area contributed by atoms with E-state index in [1.165, 1.54) is 0 Å². The highest BCUT2D eigenvalue weighted by molar-refractivity contribution is 6.05.